The summed E-state index contributed by atoms with van der Waals surface area (Å²) < 4.78 is 5.12. The predicted molar refractivity (Wildman–Crippen MR) is 101 cm³/mol. The van der Waals surface area contributed by atoms with Gasteiger partial charge in [-0.2, -0.15) is 0 Å². The maximum atomic E-state index is 12.9. The van der Waals surface area contributed by atoms with Gasteiger partial charge in [-0.05, 0) is 36.6 Å². The average molecular weight is 366 g/mol. The number of carbonyl (C=O) groups excluding carboxylic acids is 3. The van der Waals surface area contributed by atoms with Crippen molar-refractivity contribution in [3.63, 3.8) is 0 Å². The molecule has 0 radical (unpaired) electrons. The van der Waals surface area contributed by atoms with Crippen molar-refractivity contribution in [3.8, 4) is 5.75 Å². The first-order valence-electron chi connectivity index (χ1n) is 8.80. The zero-order valence-corrected chi connectivity index (χ0v) is 15.6. The van der Waals surface area contributed by atoms with Crippen LogP contribution in [0.3, 0.4) is 0 Å². The normalized spacial score (nSPS) is 19.1. The van der Waals surface area contributed by atoms with Gasteiger partial charge in [-0.25, -0.2) is 4.79 Å². The summed E-state index contributed by atoms with van der Waals surface area (Å²) in [6.45, 7) is 3.38. The van der Waals surface area contributed by atoms with E-state index in [4.69, 9.17) is 4.74 Å². The predicted octanol–water partition coefficient (Wildman–Crippen LogP) is 2.91. The van der Waals surface area contributed by atoms with E-state index in [9.17, 15) is 14.4 Å². The van der Waals surface area contributed by atoms with E-state index in [1.807, 2.05) is 19.1 Å². The van der Waals surface area contributed by atoms with Gasteiger partial charge in [-0.15, -0.1) is 0 Å². The highest BCUT2D eigenvalue weighted by Crippen LogP contribution is 2.30. The van der Waals surface area contributed by atoms with Crippen LogP contribution >= 0.6 is 0 Å². The number of nitrogens with zero attached hydrogens (tertiary/aromatic N) is 1. The van der Waals surface area contributed by atoms with Crippen LogP contribution in [-0.2, 0) is 16.8 Å². The van der Waals surface area contributed by atoms with Gasteiger partial charge in [0, 0.05) is 5.56 Å². The molecule has 3 amide bonds. The zero-order chi connectivity index (χ0) is 19.6. The fraction of sp³-hybridized carbons (Fsp3) is 0.286. The quantitative estimate of drug-likeness (QED) is 0.630. The van der Waals surface area contributed by atoms with E-state index in [2.05, 4.69) is 5.32 Å². The Labute approximate surface area is 158 Å². The van der Waals surface area contributed by atoms with Crippen LogP contribution in [0.2, 0.25) is 0 Å². The number of carbonyl (C=O) groups is 3. The molecule has 0 bridgehead atoms. The Bertz CT molecular complexity index is 874. The molecule has 1 atom stereocenters. The Kier molecular flexibility index (Phi) is 4.99. The Hall–Kier alpha value is -3.15. The van der Waals surface area contributed by atoms with Gasteiger partial charge in [0.25, 0.3) is 5.91 Å². The number of rotatable bonds is 6. The maximum Gasteiger partial charge on any atom is 0.325 e. The van der Waals surface area contributed by atoms with E-state index >= 15 is 0 Å². The molecule has 1 fully saturated rings. The molecule has 0 aromatic heterocycles. The maximum absolute atomic E-state index is 12.9. The summed E-state index contributed by atoms with van der Waals surface area (Å²) >= 11 is 0. The number of urea groups is 1. The third-order valence-electron chi connectivity index (χ3n) is 4.93. The van der Waals surface area contributed by atoms with Crippen LogP contribution in [0.4, 0.5) is 4.79 Å². The fourth-order valence-electron chi connectivity index (χ4n) is 3.12. The minimum atomic E-state index is -1.21. The largest absolute Gasteiger partial charge is 0.497 e. The van der Waals surface area contributed by atoms with Crippen molar-refractivity contribution >= 4 is 17.7 Å². The molecule has 1 aliphatic rings. The molecule has 0 saturated carbocycles. The Morgan fingerprint density at radius 3 is 2.26 bits per heavy atom. The zero-order valence-electron chi connectivity index (χ0n) is 15.6. The summed E-state index contributed by atoms with van der Waals surface area (Å²) in [6, 6.07) is 13.5. The molecule has 1 heterocycles. The second-order valence-corrected chi connectivity index (χ2v) is 6.65. The van der Waals surface area contributed by atoms with Gasteiger partial charge in [-0.3, -0.25) is 14.5 Å². The molecule has 0 spiro atoms. The summed E-state index contributed by atoms with van der Waals surface area (Å²) in [5.74, 6) is -0.0713. The van der Waals surface area contributed by atoms with E-state index < -0.39 is 17.5 Å². The van der Waals surface area contributed by atoms with Crippen LogP contribution in [0.15, 0.2) is 48.5 Å². The number of amides is 3. The minimum absolute atomic E-state index is 0.278. The lowest BCUT2D eigenvalue weighted by molar-refractivity contribution is -0.130. The fourth-order valence-corrected chi connectivity index (χ4v) is 3.12. The highest BCUT2D eigenvalue weighted by Gasteiger charge is 2.49. The number of ether oxygens (including phenoxy) is 1. The molecule has 1 N–H and O–H groups in total. The van der Waals surface area contributed by atoms with E-state index in [0.29, 0.717) is 16.9 Å². The van der Waals surface area contributed by atoms with Crippen LogP contribution in [-0.4, -0.2) is 36.3 Å². The van der Waals surface area contributed by atoms with Crippen molar-refractivity contribution in [1.82, 2.24) is 10.2 Å². The van der Waals surface area contributed by atoms with Crippen molar-refractivity contribution in [2.24, 2.45) is 0 Å². The molecule has 0 unspecified atom stereocenters. The minimum Gasteiger partial charge on any atom is -0.497 e. The number of methoxy groups -OCH3 is 1. The summed E-state index contributed by atoms with van der Waals surface area (Å²) in [5, 5.41) is 2.70. The van der Waals surface area contributed by atoms with Crippen molar-refractivity contribution in [1.29, 1.82) is 0 Å². The van der Waals surface area contributed by atoms with Gasteiger partial charge < -0.3 is 10.1 Å². The molecule has 1 aliphatic heterocycles. The van der Waals surface area contributed by atoms with Gasteiger partial charge in [0.05, 0.1) is 13.7 Å². The summed E-state index contributed by atoms with van der Waals surface area (Å²) in [5.41, 5.74) is 1.01. The monoisotopic (exact) mass is 366 g/mol. The first-order chi connectivity index (χ1) is 12.9. The molecule has 140 valence electrons. The molecular formula is C21H22N2O4. The van der Waals surface area contributed by atoms with Gasteiger partial charge in [0.1, 0.15) is 11.3 Å². The highest BCUT2D eigenvalue weighted by molar-refractivity contribution is 6.11. The number of benzene rings is 2. The first kappa shape index (κ1) is 18.6. The lowest BCUT2D eigenvalue weighted by Gasteiger charge is -2.22. The second-order valence-electron chi connectivity index (χ2n) is 6.65. The van der Waals surface area contributed by atoms with Crippen molar-refractivity contribution in [2.75, 3.05) is 13.7 Å². The number of hydrogen-bond donors (Lipinski definition) is 1. The third kappa shape index (κ3) is 3.43. The van der Waals surface area contributed by atoms with E-state index in [-0.39, 0.29) is 12.3 Å². The standard InChI is InChI=1S/C21H22N2O4/c1-4-14-5-7-15(8-6-14)18(24)13-23-19(25)21(2,22-20(23)26)16-9-11-17(27-3)12-10-16/h5-12H,4,13H2,1-3H3,(H,22,26)/t21-/m0/s1. The highest BCUT2D eigenvalue weighted by atomic mass is 16.5. The molecular weight excluding hydrogens is 344 g/mol. The Balaban J connectivity index is 1.79. The topological polar surface area (TPSA) is 75.7 Å². The van der Waals surface area contributed by atoms with Gasteiger partial charge in [-0.1, -0.05) is 43.3 Å². The molecule has 2 aromatic carbocycles. The number of hydrogen-bond acceptors (Lipinski definition) is 4. The number of ketones is 1. The second kappa shape index (κ2) is 7.23. The van der Waals surface area contributed by atoms with Crippen molar-refractivity contribution in [3.05, 3.63) is 65.2 Å². The molecule has 0 aliphatic carbocycles. The summed E-state index contributed by atoms with van der Waals surface area (Å²) in [7, 11) is 1.56. The molecule has 6 nitrogen and oxygen atoms in total. The Morgan fingerprint density at radius 2 is 1.70 bits per heavy atom. The van der Waals surface area contributed by atoms with Gasteiger partial charge in [0.2, 0.25) is 0 Å². The molecule has 3 rings (SSSR count). The SMILES string of the molecule is CCc1ccc(C(=O)CN2C(=O)N[C@@](C)(c3ccc(OC)cc3)C2=O)cc1. The first-order valence-corrected chi connectivity index (χ1v) is 8.80. The molecule has 2 aromatic rings. The lowest BCUT2D eigenvalue weighted by atomic mass is 9.92. The summed E-state index contributed by atoms with van der Waals surface area (Å²) in [6.07, 6.45) is 0.877. The Morgan fingerprint density at radius 1 is 1.07 bits per heavy atom. The van der Waals surface area contributed by atoms with Gasteiger partial charge in [0.15, 0.2) is 5.78 Å². The van der Waals surface area contributed by atoms with E-state index in [1.54, 1.807) is 50.4 Å². The lowest BCUT2D eigenvalue weighted by Crippen LogP contribution is -2.41. The number of nitrogens with one attached hydrogen (secondary N) is 1. The number of Topliss-reactive ketones (excluding diaryl/α,β-unsaturated/α-hetero) is 1. The van der Waals surface area contributed by atoms with Crippen molar-refractivity contribution < 1.29 is 19.1 Å². The average Bonchev–Trinajstić information content (AvgIpc) is 2.92. The van der Waals surface area contributed by atoms with E-state index in [1.165, 1.54) is 0 Å². The van der Waals surface area contributed by atoms with Crippen molar-refractivity contribution in [2.45, 2.75) is 25.8 Å². The van der Waals surface area contributed by atoms with Crippen LogP contribution in [0.5, 0.6) is 5.75 Å². The van der Waals surface area contributed by atoms with Gasteiger partial charge >= 0.3 is 6.03 Å². The van der Waals surface area contributed by atoms with Crippen LogP contribution in [0.25, 0.3) is 0 Å². The van der Waals surface area contributed by atoms with Crippen LogP contribution in [0.1, 0.15) is 35.3 Å². The molecule has 1 saturated heterocycles. The van der Waals surface area contributed by atoms with E-state index in [0.717, 1.165) is 16.9 Å². The third-order valence-corrected chi connectivity index (χ3v) is 4.93. The molecule has 6 heteroatoms. The molecule has 27 heavy (non-hydrogen) atoms. The number of aryl methyl sites for hydroxylation is 1. The van der Waals surface area contributed by atoms with Crippen LogP contribution < -0.4 is 10.1 Å². The number of imide groups is 1. The smallest absolute Gasteiger partial charge is 0.325 e. The van der Waals surface area contributed by atoms with Crippen LogP contribution in [0, 0.1) is 0 Å². The summed E-state index contributed by atoms with van der Waals surface area (Å²) in [4.78, 5) is 38.8.